The largest absolute Gasteiger partial charge is 2.00 e. The molecule has 8 bridgehead atoms. The number of ether oxygens (including phenoxy) is 2. The molecule has 20 heteroatoms. The van der Waals surface area contributed by atoms with Gasteiger partial charge in [0.2, 0.25) is 0 Å². The van der Waals surface area contributed by atoms with Gasteiger partial charge in [-0.1, -0.05) is 108 Å². The van der Waals surface area contributed by atoms with E-state index in [1.54, 1.807) is 48.7 Å². The number of para-hydroxylation sites is 1. The van der Waals surface area contributed by atoms with Gasteiger partial charge in [0.1, 0.15) is 6.04 Å². The van der Waals surface area contributed by atoms with Gasteiger partial charge in [0, 0.05) is 43.3 Å². The number of nitrogens with zero attached hydrogens (tertiary/aromatic N) is 5. The third kappa shape index (κ3) is 14.9. The van der Waals surface area contributed by atoms with Crippen LogP contribution < -0.4 is 21.0 Å². The van der Waals surface area contributed by atoms with E-state index in [1.807, 2.05) is 71.9 Å². The summed E-state index contributed by atoms with van der Waals surface area (Å²) in [6, 6.07) is 17.3. The molecule has 1 atom stereocenters. The average Bonchev–Trinajstić information content (AvgIpc) is 4.23. The fraction of sp³-hybridized carbons (Fsp3) is 0.246. The standard InChI is InChI=1S/C34H34N4O4.C17H17Cl2NO3.C6H9N3O2.Fe/c1-7-21-17(3)25-13-26-19(5)23(9-11-33(39)40)31(37-26)16-32-24(10-12-34(41)42)20(6)28(38-32)15-30-22(8-2)18(4)27(36-30)14-29(21)35-25;1-3-22-10-23-17(21)12-6-4-5-7-14(12)20-16-13(18)9-8-11(2)15(16)19;7-5(6(10)11)1-4-2-8-3-9-4;/h7-8,13-16H,1-2,9-12H2,3-6H3,(H4,35,36,37,38,39,40,41,42);4-9,20H,3,10H2,1-2H3;2-3,5H,1,7H2,(H,8,9)(H,10,11);/q;;;+2/p-2/t;;5-;/m..0./s1. The van der Waals surface area contributed by atoms with Crippen molar-refractivity contribution in [1.29, 1.82) is 0 Å². The topological polar surface area (TPSA) is 268 Å². The van der Waals surface area contributed by atoms with Crippen molar-refractivity contribution in [2.75, 3.05) is 18.7 Å². The molecule has 4 aromatic heterocycles. The smallest absolute Gasteiger partial charge is 0.657 e. The Morgan fingerprint density at radius 3 is 2.08 bits per heavy atom. The van der Waals surface area contributed by atoms with Gasteiger partial charge in [-0.2, -0.15) is 0 Å². The minimum absolute atomic E-state index is 0. The summed E-state index contributed by atoms with van der Waals surface area (Å²) in [5.41, 5.74) is 21.0. The van der Waals surface area contributed by atoms with Crippen molar-refractivity contribution in [3.8, 4) is 0 Å². The maximum Gasteiger partial charge on any atom is 2.00 e. The van der Waals surface area contributed by atoms with Crippen molar-refractivity contribution >= 4 is 109 Å². The Hall–Kier alpha value is -7.57. The predicted molar refractivity (Wildman–Crippen MR) is 297 cm³/mol. The second-order valence-electron chi connectivity index (χ2n) is 17.6. The van der Waals surface area contributed by atoms with Crippen LogP contribution in [-0.2, 0) is 53.8 Å². The molecule has 0 radical (unpaired) electrons. The third-order valence-corrected chi connectivity index (χ3v) is 13.3. The first-order valence-corrected chi connectivity index (χ1v) is 24.8. The number of anilines is 2. The zero-order valence-corrected chi connectivity index (χ0v) is 45.9. The van der Waals surface area contributed by atoms with E-state index in [1.165, 1.54) is 6.33 Å². The number of carboxylic acids is 3. The Morgan fingerprint density at radius 2 is 1.43 bits per heavy atom. The average molecular weight is 1130 g/mol. The number of H-pyrrole nitrogens is 1. The maximum absolute atomic E-state index is 12.2. The Labute approximate surface area is 465 Å². The number of allylic oxidation sites excluding steroid dienone is 5. The van der Waals surface area contributed by atoms with Crippen LogP contribution in [0.3, 0.4) is 0 Å². The van der Waals surface area contributed by atoms with Gasteiger partial charge in [0.05, 0.1) is 56.1 Å². The van der Waals surface area contributed by atoms with Gasteiger partial charge < -0.3 is 50.8 Å². The summed E-state index contributed by atoms with van der Waals surface area (Å²) in [7, 11) is 0. The summed E-state index contributed by atoms with van der Waals surface area (Å²) in [5, 5.41) is 31.4. The molecule has 2 aliphatic heterocycles. The van der Waals surface area contributed by atoms with Crippen LogP contribution in [0.2, 0.25) is 10.0 Å². The number of rotatable bonds is 17. The molecular formula is C57H58Cl2FeN8O9. The molecule has 77 heavy (non-hydrogen) atoms. The SMILES string of the molecule is C=CC1=C(C)c2cc3[n-]c(cc4nc(cc5[n-]c(cc1n2)c(C)c5C=C)C(C)=C4CCC(=O)O)c(CCC(=O)O)c3C.CCOCOC(=O)c1ccccc1Nc1c(Cl)ccc(C)c1Cl.N[C@@H](Cc1cnc[nH]1)C(=O)O.[Fe+2]. The van der Waals surface area contributed by atoms with Crippen LogP contribution in [0.1, 0.15) is 107 Å². The maximum atomic E-state index is 12.2. The number of esters is 1. The zero-order valence-electron chi connectivity index (χ0n) is 43.2. The number of fused-ring (bicyclic) bond motifs is 8. The van der Waals surface area contributed by atoms with E-state index in [-0.39, 0.29) is 43.1 Å². The Bertz CT molecular complexity index is 3450. The van der Waals surface area contributed by atoms with Crippen molar-refractivity contribution < 1.29 is 61.0 Å². The molecule has 0 amide bonds. The molecule has 402 valence electrons. The Morgan fingerprint density at radius 1 is 0.805 bits per heavy atom. The van der Waals surface area contributed by atoms with Gasteiger partial charge in [-0.05, 0) is 100 Å². The third-order valence-electron chi connectivity index (χ3n) is 12.5. The van der Waals surface area contributed by atoms with Crippen LogP contribution in [0.5, 0.6) is 0 Å². The monoisotopic (exact) mass is 1120 g/mol. The normalized spacial score (nSPS) is 12.1. The van der Waals surface area contributed by atoms with Crippen molar-refractivity contribution in [1.82, 2.24) is 29.9 Å². The van der Waals surface area contributed by atoms with Gasteiger partial charge in [-0.3, -0.25) is 14.4 Å². The van der Waals surface area contributed by atoms with Crippen molar-refractivity contribution in [3.05, 3.63) is 164 Å². The molecule has 17 nitrogen and oxygen atoms in total. The summed E-state index contributed by atoms with van der Waals surface area (Å²) < 4.78 is 10.1. The fourth-order valence-corrected chi connectivity index (χ4v) is 8.73. The predicted octanol–water partition coefficient (Wildman–Crippen LogP) is 11.3. The quantitative estimate of drug-likeness (QED) is 0.0214. The number of halogens is 2. The van der Waals surface area contributed by atoms with E-state index in [0.29, 0.717) is 74.4 Å². The first-order chi connectivity index (χ1) is 36.3. The number of imidazole rings is 1. The number of aryl methyl sites for hydroxylation is 4. The minimum Gasteiger partial charge on any atom is -0.657 e. The Balaban J connectivity index is 0.000000260. The summed E-state index contributed by atoms with van der Waals surface area (Å²) >= 11 is 12.5. The van der Waals surface area contributed by atoms with Crippen molar-refractivity contribution in [2.24, 2.45) is 5.73 Å². The number of hydrogen-bond acceptors (Lipinski definition) is 11. The van der Waals surface area contributed by atoms with Crippen LogP contribution in [0.25, 0.3) is 50.4 Å². The number of carbonyl (C=O) groups excluding carboxylic acids is 1. The van der Waals surface area contributed by atoms with Gasteiger partial charge >= 0.3 is 40.9 Å². The molecule has 2 aliphatic rings. The number of aromatic amines is 1. The molecule has 6 aromatic rings. The van der Waals surface area contributed by atoms with Crippen LogP contribution in [0.15, 0.2) is 92.4 Å². The molecular weight excluding hydrogens is 1070 g/mol. The molecule has 0 spiro atoms. The second-order valence-corrected chi connectivity index (χ2v) is 18.4. The molecule has 0 unspecified atom stereocenters. The van der Waals surface area contributed by atoms with E-state index in [0.717, 1.165) is 72.7 Å². The molecule has 0 saturated heterocycles. The van der Waals surface area contributed by atoms with E-state index >= 15 is 0 Å². The number of carboxylic acid groups (broad SMARTS) is 3. The number of nitrogens with two attached hydrogens (primary N) is 1. The second kappa shape index (κ2) is 27.5. The zero-order chi connectivity index (χ0) is 55.4. The molecule has 7 N–H and O–H groups in total. The van der Waals surface area contributed by atoms with Crippen molar-refractivity contribution in [2.45, 2.75) is 79.7 Å². The van der Waals surface area contributed by atoms with Gasteiger partial charge in [0.25, 0.3) is 0 Å². The number of aromatic nitrogens is 6. The summed E-state index contributed by atoms with van der Waals surface area (Å²) in [6.07, 6.45) is 7.39. The first-order valence-electron chi connectivity index (χ1n) is 24.0. The van der Waals surface area contributed by atoms with Crippen LogP contribution in [0.4, 0.5) is 11.4 Å². The molecule has 6 heterocycles. The van der Waals surface area contributed by atoms with Gasteiger partial charge in [-0.25, -0.2) is 19.7 Å². The van der Waals surface area contributed by atoms with E-state index in [4.69, 9.17) is 63.5 Å². The number of benzene rings is 2. The molecule has 0 fully saturated rings. The minimum atomic E-state index is -1.00. The Kier molecular flexibility index (Phi) is 21.5. The van der Waals surface area contributed by atoms with Crippen LogP contribution in [0, 0.1) is 20.8 Å². The van der Waals surface area contributed by atoms with E-state index in [9.17, 15) is 29.4 Å². The summed E-state index contributed by atoms with van der Waals surface area (Å²) in [6.45, 7) is 20.0. The molecule has 8 rings (SSSR count). The van der Waals surface area contributed by atoms with Gasteiger partial charge in [-0.15, -0.1) is 22.1 Å². The van der Waals surface area contributed by atoms with Crippen molar-refractivity contribution in [3.63, 3.8) is 0 Å². The van der Waals surface area contributed by atoms with E-state index in [2.05, 4.69) is 28.4 Å². The van der Waals surface area contributed by atoms with Gasteiger partial charge in [0.15, 0.2) is 6.79 Å². The number of aliphatic carboxylic acids is 3. The van der Waals surface area contributed by atoms with Crippen LogP contribution >= 0.6 is 23.2 Å². The number of nitrogens with one attached hydrogen (secondary N) is 2. The van der Waals surface area contributed by atoms with E-state index < -0.39 is 29.9 Å². The fourth-order valence-electron chi connectivity index (χ4n) is 8.27. The molecule has 0 saturated carbocycles. The number of hydrogen-bond donors (Lipinski definition) is 6. The first kappa shape index (κ1) is 60.3. The molecule has 2 aromatic carbocycles. The van der Waals surface area contributed by atoms with Crippen LogP contribution in [-0.4, -0.2) is 78.6 Å². The summed E-state index contributed by atoms with van der Waals surface area (Å²) in [5.74, 6) is -3.28. The summed E-state index contributed by atoms with van der Waals surface area (Å²) in [4.78, 5) is 71.7. The number of carbonyl (C=O) groups is 4. The molecule has 0 aliphatic carbocycles.